The lowest BCUT2D eigenvalue weighted by atomic mass is 9.99. The molecule has 0 nitrogen and oxygen atoms in total. The minimum Gasteiger partial charge on any atom is -0.194 e. The van der Waals surface area contributed by atoms with Gasteiger partial charge in [-0.3, -0.25) is 0 Å². The third kappa shape index (κ3) is 3.07. The van der Waals surface area contributed by atoms with E-state index < -0.39 is 23.6 Å². The van der Waals surface area contributed by atoms with Gasteiger partial charge in [0.25, 0.3) is 0 Å². The summed E-state index contributed by atoms with van der Waals surface area (Å²) in [5.74, 6) is -11.4. The van der Waals surface area contributed by atoms with Gasteiger partial charge in [-0.05, 0) is 18.4 Å². The van der Waals surface area contributed by atoms with Crippen LogP contribution >= 0.6 is 0 Å². The Morgan fingerprint density at radius 1 is 0.850 bits per heavy atom. The van der Waals surface area contributed by atoms with Crippen molar-refractivity contribution in [3.05, 3.63) is 35.4 Å². The minimum atomic E-state index is -6.31. The van der Waals surface area contributed by atoms with Gasteiger partial charge < -0.3 is 0 Å². The van der Waals surface area contributed by atoms with E-state index in [2.05, 4.69) is 0 Å². The van der Waals surface area contributed by atoms with Crippen LogP contribution in [0.25, 0.3) is 0 Å². The number of benzene rings is 1. The molecule has 0 aromatic heterocycles. The molecule has 20 heavy (non-hydrogen) atoms. The molecule has 0 fully saturated rings. The molecule has 0 bridgehead atoms. The second kappa shape index (κ2) is 5.61. The number of halogens is 7. The van der Waals surface area contributed by atoms with E-state index in [1.165, 1.54) is 0 Å². The van der Waals surface area contributed by atoms with Gasteiger partial charge in [0.2, 0.25) is 0 Å². The number of unbranched alkanes of at least 4 members (excludes halogenated alkanes) is 1. The van der Waals surface area contributed by atoms with Crippen molar-refractivity contribution >= 4 is 0 Å². The number of alkyl halides is 7. The molecule has 0 atom stereocenters. The molecule has 0 unspecified atom stereocenters. The molecule has 0 aliphatic rings. The first-order valence-electron chi connectivity index (χ1n) is 5.95. The van der Waals surface area contributed by atoms with Crippen LogP contribution in [-0.4, -0.2) is 12.1 Å². The van der Waals surface area contributed by atoms with E-state index in [-0.39, 0.29) is 0 Å². The van der Waals surface area contributed by atoms with Crippen LogP contribution in [0, 0.1) is 0 Å². The predicted molar refractivity (Wildman–Crippen MR) is 60.0 cm³/mol. The normalized spacial score (nSPS) is 13.6. The highest BCUT2D eigenvalue weighted by atomic mass is 19.4. The van der Waals surface area contributed by atoms with Crippen molar-refractivity contribution in [1.82, 2.24) is 0 Å². The molecule has 7 heteroatoms. The van der Waals surface area contributed by atoms with E-state index in [9.17, 15) is 30.7 Å². The summed E-state index contributed by atoms with van der Waals surface area (Å²) >= 11 is 0. The molecular formula is C13H13F7. The van der Waals surface area contributed by atoms with Crippen molar-refractivity contribution in [3.63, 3.8) is 0 Å². The third-order valence-corrected chi connectivity index (χ3v) is 2.89. The van der Waals surface area contributed by atoms with Gasteiger partial charge in [0.15, 0.2) is 0 Å². The van der Waals surface area contributed by atoms with Crippen LogP contribution in [-0.2, 0) is 12.3 Å². The van der Waals surface area contributed by atoms with Gasteiger partial charge in [0, 0.05) is 5.56 Å². The van der Waals surface area contributed by atoms with E-state index >= 15 is 0 Å². The van der Waals surface area contributed by atoms with E-state index in [0.29, 0.717) is 24.1 Å². The molecule has 0 saturated heterocycles. The number of hydrogen-bond acceptors (Lipinski definition) is 0. The molecule has 1 aromatic rings. The van der Waals surface area contributed by atoms with Crippen LogP contribution < -0.4 is 0 Å². The van der Waals surface area contributed by atoms with Crippen molar-refractivity contribution in [2.45, 2.75) is 44.2 Å². The number of aryl methyl sites for hydroxylation is 1. The summed E-state index contributed by atoms with van der Waals surface area (Å²) in [6.45, 7) is 1.91. The van der Waals surface area contributed by atoms with Crippen molar-refractivity contribution in [2.24, 2.45) is 0 Å². The van der Waals surface area contributed by atoms with Crippen LogP contribution in [0.15, 0.2) is 24.3 Å². The molecular weight excluding hydrogens is 289 g/mol. The maximum atomic E-state index is 13.3. The van der Waals surface area contributed by atoms with Crippen molar-refractivity contribution in [1.29, 1.82) is 0 Å². The highest BCUT2D eigenvalue weighted by Crippen LogP contribution is 2.51. The second-order valence-corrected chi connectivity index (χ2v) is 4.45. The fourth-order valence-electron chi connectivity index (χ4n) is 1.62. The molecule has 0 spiro atoms. The molecule has 0 heterocycles. The Hall–Kier alpha value is -1.27. The minimum absolute atomic E-state index is 0.554. The van der Waals surface area contributed by atoms with Crippen molar-refractivity contribution in [3.8, 4) is 0 Å². The molecule has 114 valence electrons. The molecule has 0 radical (unpaired) electrons. The third-order valence-electron chi connectivity index (χ3n) is 2.89. The van der Waals surface area contributed by atoms with Crippen LogP contribution in [0.1, 0.15) is 30.9 Å². The SMILES string of the molecule is CCCCc1ccc(C(F)(F)C(F)(F)C(F)(F)F)cc1. The second-order valence-electron chi connectivity index (χ2n) is 4.45. The maximum Gasteiger partial charge on any atom is 0.460 e. The maximum absolute atomic E-state index is 13.3. The van der Waals surface area contributed by atoms with Crippen LogP contribution in [0.3, 0.4) is 0 Å². The Morgan fingerprint density at radius 2 is 1.35 bits per heavy atom. The quantitative estimate of drug-likeness (QED) is 0.646. The molecule has 0 amide bonds. The average Bonchev–Trinajstić information content (AvgIpc) is 2.35. The molecule has 0 saturated carbocycles. The number of rotatable bonds is 5. The molecule has 0 N–H and O–H groups in total. The standard InChI is InChI=1S/C13H13F7/c1-2-3-4-9-5-7-10(8-6-9)11(14,15)12(16,17)13(18,19)20/h5-8H,2-4H2,1H3. The fourth-order valence-corrected chi connectivity index (χ4v) is 1.62. The molecule has 1 aromatic carbocycles. The first-order chi connectivity index (χ1) is 9.04. The predicted octanol–water partition coefficient (Wildman–Crippen LogP) is 5.32. The smallest absolute Gasteiger partial charge is 0.194 e. The van der Waals surface area contributed by atoms with Gasteiger partial charge in [0.05, 0.1) is 0 Å². The summed E-state index contributed by atoms with van der Waals surface area (Å²) in [5.41, 5.74) is -0.734. The lowest BCUT2D eigenvalue weighted by molar-refractivity contribution is -0.359. The van der Waals surface area contributed by atoms with Crippen molar-refractivity contribution < 1.29 is 30.7 Å². The zero-order chi connectivity index (χ0) is 15.6. The summed E-state index contributed by atoms with van der Waals surface area (Å²) < 4.78 is 88.4. The van der Waals surface area contributed by atoms with Crippen LogP contribution in [0.5, 0.6) is 0 Å². The summed E-state index contributed by atoms with van der Waals surface area (Å²) in [6.07, 6.45) is -4.13. The van der Waals surface area contributed by atoms with Gasteiger partial charge in [-0.25, -0.2) is 0 Å². The average molecular weight is 302 g/mol. The van der Waals surface area contributed by atoms with Crippen LogP contribution in [0.4, 0.5) is 30.7 Å². The summed E-state index contributed by atoms with van der Waals surface area (Å²) in [5, 5.41) is 0. The highest BCUT2D eigenvalue weighted by Gasteiger charge is 2.73. The largest absolute Gasteiger partial charge is 0.460 e. The van der Waals surface area contributed by atoms with E-state index in [1.54, 1.807) is 0 Å². The summed E-state index contributed by atoms with van der Waals surface area (Å²) in [7, 11) is 0. The van der Waals surface area contributed by atoms with Crippen molar-refractivity contribution in [2.75, 3.05) is 0 Å². The first kappa shape index (κ1) is 16.8. The van der Waals surface area contributed by atoms with E-state index in [0.717, 1.165) is 25.0 Å². The van der Waals surface area contributed by atoms with Gasteiger partial charge in [-0.1, -0.05) is 37.6 Å². The number of hydrogen-bond donors (Lipinski definition) is 0. The summed E-state index contributed by atoms with van der Waals surface area (Å²) in [6, 6.07) is 3.52. The van der Waals surface area contributed by atoms with Gasteiger partial charge in [-0.15, -0.1) is 0 Å². The zero-order valence-corrected chi connectivity index (χ0v) is 10.6. The Bertz CT molecular complexity index is 431. The lowest BCUT2D eigenvalue weighted by Crippen LogP contribution is -2.50. The topological polar surface area (TPSA) is 0 Å². The van der Waals surface area contributed by atoms with Gasteiger partial charge in [0.1, 0.15) is 0 Å². The Labute approximate surface area is 111 Å². The molecule has 0 aliphatic heterocycles. The van der Waals surface area contributed by atoms with Gasteiger partial charge in [-0.2, -0.15) is 30.7 Å². The molecule has 0 aliphatic carbocycles. The Kier molecular flexibility index (Phi) is 4.71. The van der Waals surface area contributed by atoms with E-state index in [1.807, 2.05) is 6.92 Å². The summed E-state index contributed by atoms with van der Waals surface area (Å²) in [4.78, 5) is 0. The molecule has 1 rings (SSSR count). The van der Waals surface area contributed by atoms with Crippen LogP contribution in [0.2, 0.25) is 0 Å². The Morgan fingerprint density at radius 3 is 1.75 bits per heavy atom. The highest BCUT2D eigenvalue weighted by molar-refractivity contribution is 5.28. The fraction of sp³-hybridized carbons (Fsp3) is 0.538. The van der Waals surface area contributed by atoms with E-state index in [4.69, 9.17) is 0 Å². The zero-order valence-electron chi connectivity index (χ0n) is 10.6. The Balaban J connectivity index is 3.04. The monoisotopic (exact) mass is 302 g/mol. The first-order valence-corrected chi connectivity index (χ1v) is 5.95. The van der Waals surface area contributed by atoms with Gasteiger partial charge >= 0.3 is 18.0 Å². The lowest BCUT2D eigenvalue weighted by Gasteiger charge is -2.28.